The van der Waals surface area contributed by atoms with E-state index in [4.69, 9.17) is 4.74 Å². The van der Waals surface area contributed by atoms with E-state index in [-0.39, 0.29) is 16.7 Å². The molecule has 1 unspecified atom stereocenters. The molecule has 1 aliphatic heterocycles. The minimum absolute atomic E-state index is 0.0770. The molecule has 1 saturated heterocycles. The average Bonchev–Trinajstić information content (AvgIpc) is 3.13. The number of aryl methyl sites for hydroxylation is 1. The Balaban J connectivity index is 1.94. The monoisotopic (exact) mass is 469 g/mol. The molecule has 0 aromatic heterocycles. The second-order valence-electron chi connectivity index (χ2n) is 9.76. The summed E-state index contributed by atoms with van der Waals surface area (Å²) >= 11 is 0. The number of hydrogen-bond donors (Lipinski definition) is 1. The molecule has 3 aromatic rings. The molecule has 0 radical (unpaired) electrons. The summed E-state index contributed by atoms with van der Waals surface area (Å²) in [6.07, 6.45) is 0.876. The van der Waals surface area contributed by atoms with E-state index >= 15 is 0 Å². The molecule has 1 fully saturated rings. The smallest absolute Gasteiger partial charge is 0.300 e. The van der Waals surface area contributed by atoms with Crippen molar-refractivity contribution in [1.82, 2.24) is 0 Å². The second kappa shape index (κ2) is 9.41. The number of aliphatic hydroxyl groups excluding tert-OH is 1. The van der Waals surface area contributed by atoms with Crippen LogP contribution in [0.25, 0.3) is 5.76 Å². The highest BCUT2D eigenvalue weighted by atomic mass is 16.5. The fraction of sp³-hybridized carbons (Fsp3) is 0.267. The van der Waals surface area contributed by atoms with Crippen LogP contribution in [0.1, 0.15) is 56.0 Å². The largest absolute Gasteiger partial charge is 0.507 e. The van der Waals surface area contributed by atoms with Gasteiger partial charge in [0.2, 0.25) is 0 Å². The van der Waals surface area contributed by atoms with Crippen LogP contribution in [0.15, 0.2) is 78.4 Å². The van der Waals surface area contributed by atoms with Gasteiger partial charge in [0.05, 0.1) is 18.7 Å². The number of ether oxygens (including phenoxy) is 1. The number of rotatable bonds is 5. The first-order valence-corrected chi connectivity index (χ1v) is 11.8. The first-order valence-electron chi connectivity index (χ1n) is 11.8. The number of nitrogens with zero attached hydrogens (tertiary/aromatic N) is 1. The van der Waals surface area contributed by atoms with Crippen molar-refractivity contribution < 1.29 is 19.4 Å². The van der Waals surface area contributed by atoms with Crippen molar-refractivity contribution in [2.75, 3.05) is 12.0 Å². The fourth-order valence-corrected chi connectivity index (χ4v) is 4.54. The van der Waals surface area contributed by atoms with Crippen LogP contribution in [0.5, 0.6) is 5.75 Å². The zero-order chi connectivity index (χ0) is 25.3. The molecule has 5 heteroatoms. The molecule has 0 aliphatic carbocycles. The third-order valence-electron chi connectivity index (χ3n) is 6.46. The van der Waals surface area contributed by atoms with Gasteiger partial charge in [-0.3, -0.25) is 14.5 Å². The van der Waals surface area contributed by atoms with Gasteiger partial charge in [-0.1, -0.05) is 70.2 Å². The Kier molecular flexibility index (Phi) is 6.53. The highest BCUT2D eigenvalue weighted by Gasteiger charge is 2.47. The van der Waals surface area contributed by atoms with E-state index in [0.29, 0.717) is 17.0 Å². The lowest BCUT2D eigenvalue weighted by Crippen LogP contribution is -2.29. The van der Waals surface area contributed by atoms with E-state index in [2.05, 4.69) is 27.7 Å². The standard InChI is InChI=1S/C30H31NO4/c1-6-19-12-14-20(15-13-19)26-25(28(33)29(34)31(26)22-10-8-7-9-11-22)27(32)21-16-17-24(35-5)23(18-21)30(2,3)4/h7-18,26,32H,6H2,1-5H3/b27-25-. The lowest BCUT2D eigenvalue weighted by molar-refractivity contribution is -0.132. The molecule has 180 valence electrons. The van der Waals surface area contributed by atoms with Gasteiger partial charge in [-0.15, -0.1) is 0 Å². The molecular formula is C30H31NO4. The number of benzene rings is 3. The molecule has 1 N–H and O–H groups in total. The van der Waals surface area contributed by atoms with Gasteiger partial charge in [0.15, 0.2) is 0 Å². The van der Waals surface area contributed by atoms with E-state index < -0.39 is 17.7 Å². The number of amides is 1. The van der Waals surface area contributed by atoms with Crippen LogP contribution in [-0.2, 0) is 21.4 Å². The number of hydrogen-bond acceptors (Lipinski definition) is 4. The van der Waals surface area contributed by atoms with Crippen LogP contribution in [0.4, 0.5) is 5.69 Å². The molecule has 4 rings (SSSR count). The predicted octanol–water partition coefficient (Wildman–Crippen LogP) is 6.18. The van der Waals surface area contributed by atoms with Gasteiger partial charge in [0, 0.05) is 16.8 Å². The number of carbonyl (C=O) groups is 2. The van der Waals surface area contributed by atoms with Gasteiger partial charge in [-0.05, 0) is 53.3 Å². The summed E-state index contributed by atoms with van der Waals surface area (Å²) in [7, 11) is 1.61. The van der Waals surface area contributed by atoms with E-state index in [9.17, 15) is 14.7 Å². The van der Waals surface area contributed by atoms with Crippen LogP contribution in [0.2, 0.25) is 0 Å². The highest BCUT2D eigenvalue weighted by Crippen LogP contribution is 2.43. The summed E-state index contributed by atoms with van der Waals surface area (Å²) in [5, 5.41) is 11.5. The lowest BCUT2D eigenvalue weighted by Gasteiger charge is -2.26. The average molecular weight is 470 g/mol. The summed E-state index contributed by atoms with van der Waals surface area (Å²) in [5.74, 6) is -0.860. The number of Topliss-reactive ketones (excluding diaryl/α,β-unsaturated/α-hetero) is 1. The Labute approximate surface area is 206 Å². The summed E-state index contributed by atoms with van der Waals surface area (Å²) < 4.78 is 5.53. The van der Waals surface area contributed by atoms with Crippen LogP contribution < -0.4 is 9.64 Å². The Morgan fingerprint density at radius 3 is 2.20 bits per heavy atom. The molecule has 0 saturated carbocycles. The molecule has 35 heavy (non-hydrogen) atoms. The predicted molar refractivity (Wildman–Crippen MR) is 139 cm³/mol. The normalized spacial score (nSPS) is 17.6. The number of anilines is 1. The van der Waals surface area contributed by atoms with Crippen molar-refractivity contribution >= 4 is 23.1 Å². The number of para-hydroxylation sites is 1. The van der Waals surface area contributed by atoms with Gasteiger partial charge in [-0.2, -0.15) is 0 Å². The maximum Gasteiger partial charge on any atom is 0.300 e. The molecule has 3 aromatic carbocycles. The summed E-state index contributed by atoms with van der Waals surface area (Å²) in [6, 6.07) is 21.5. The minimum atomic E-state index is -0.747. The third kappa shape index (κ3) is 4.46. The number of carbonyl (C=O) groups excluding carboxylic acids is 2. The van der Waals surface area contributed by atoms with Crippen LogP contribution in [0.3, 0.4) is 0 Å². The Morgan fingerprint density at radius 2 is 1.63 bits per heavy atom. The molecule has 5 nitrogen and oxygen atoms in total. The molecule has 0 bridgehead atoms. The maximum absolute atomic E-state index is 13.4. The van der Waals surface area contributed by atoms with Crippen molar-refractivity contribution in [2.45, 2.75) is 45.6 Å². The Morgan fingerprint density at radius 1 is 0.971 bits per heavy atom. The van der Waals surface area contributed by atoms with Crippen molar-refractivity contribution in [1.29, 1.82) is 0 Å². The number of methoxy groups -OCH3 is 1. The van der Waals surface area contributed by atoms with Gasteiger partial charge >= 0.3 is 0 Å². The lowest BCUT2D eigenvalue weighted by atomic mass is 9.84. The van der Waals surface area contributed by atoms with E-state index in [1.807, 2.05) is 48.5 Å². The molecule has 0 spiro atoms. The van der Waals surface area contributed by atoms with Gasteiger partial charge in [-0.25, -0.2) is 0 Å². The van der Waals surface area contributed by atoms with Crippen molar-refractivity contribution in [3.05, 3.63) is 101 Å². The first-order chi connectivity index (χ1) is 16.7. The third-order valence-corrected chi connectivity index (χ3v) is 6.46. The first kappa shape index (κ1) is 24.3. The van der Waals surface area contributed by atoms with Gasteiger partial charge in [0.25, 0.3) is 11.7 Å². The summed E-state index contributed by atoms with van der Waals surface area (Å²) in [4.78, 5) is 28.2. The van der Waals surface area contributed by atoms with Crippen LogP contribution in [-0.4, -0.2) is 23.9 Å². The van der Waals surface area contributed by atoms with Gasteiger partial charge < -0.3 is 9.84 Å². The van der Waals surface area contributed by atoms with Crippen molar-refractivity contribution in [2.24, 2.45) is 0 Å². The molecule has 1 heterocycles. The molecule has 1 atom stereocenters. The van der Waals surface area contributed by atoms with E-state index in [1.54, 1.807) is 31.4 Å². The Bertz CT molecular complexity index is 1280. The molecule has 1 aliphatic rings. The van der Waals surface area contributed by atoms with Crippen molar-refractivity contribution in [3.8, 4) is 5.75 Å². The van der Waals surface area contributed by atoms with E-state index in [1.165, 1.54) is 4.90 Å². The summed E-state index contributed by atoms with van der Waals surface area (Å²) in [6.45, 7) is 8.23. The maximum atomic E-state index is 13.4. The number of ketones is 1. The molecule has 1 amide bonds. The summed E-state index contributed by atoms with van der Waals surface area (Å²) in [5.41, 5.74) is 3.69. The SMILES string of the molecule is CCc1ccc(C2/C(=C(/O)c3ccc(OC)c(C(C)(C)C)c3)C(=O)C(=O)N2c2ccccc2)cc1. The van der Waals surface area contributed by atoms with Crippen LogP contribution >= 0.6 is 0 Å². The highest BCUT2D eigenvalue weighted by molar-refractivity contribution is 6.51. The van der Waals surface area contributed by atoms with Gasteiger partial charge in [0.1, 0.15) is 11.5 Å². The zero-order valence-electron chi connectivity index (χ0n) is 20.8. The zero-order valence-corrected chi connectivity index (χ0v) is 20.8. The molecular weight excluding hydrogens is 438 g/mol. The van der Waals surface area contributed by atoms with E-state index in [0.717, 1.165) is 23.1 Å². The number of aliphatic hydroxyl groups is 1. The van der Waals surface area contributed by atoms with Crippen LogP contribution in [0, 0.1) is 0 Å². The van der Waals surface area contributed by atoms with Crippen molar-refractivity contribution in [3.63, 3.8) is 0 Å². The second-order valence-corrected chi connectivity index (χ2v) is 9.76. The quantitative estimate of drug-likeness (QED) is 0.275. The fourth-order valence-electron chi connectivity index (χ4n) is 4.54. The topological polar surface area (TPSA) is 66.8 Å². The Hall–Kier alpha value is -3.86. The minimum Gasteiger partial charge on any atom is -0.507 e.